The summed E-state index contributed by atoms with van der Waals surface area (Å²) in [7, 11) is 0. The summed E-state index contributed by atoms with van der Waals surface area (Å²) in [5.41, 5.74) is 1.92. The van der Waals surface area contributed by atoms with Gasteiger partial charge < -0.3 is 20.1 Å². The Kier molecular flexibility index (Phi) is 5.33. The van der Waals surface area contributed by atoms with Crippen molar-refractivity contribution in [3.05, 3.63) is 42.4 Å². The number of aliphatic hydroxyl groups is 1. The molecule has 0 bridgehead atoms. The van der Waals surface area contributed by atoms with Gasteiger partial charge in [-0.3, -0.25) is 0 Å². The largest absolute Gasteiger partial charge is 0.489 e. The molecule has 0 amide bonds. The number of hydrogen-bond donors (Lipinski definition) is 2. The zero-order valence-corrected chi connectivity index (χ0v) is 17.5. The predicted octanol–water partition coefficient (Wildman–Crippen LogP) is 2.22. The van der Waals surface area contributed by atoms with E-state index in [1.165, 1.54) is 0 Å². The number of anilines is 1. The van der Waals surface area contributed by atoms with Gasteiger partial charge in [0.2, 0.25) is 0 Å². The first-order chi connectivity index (χ1) is 14.4. The Bertz CT molecular complexity index is 1080. The Labute approximate surface area is 175 Å². The van der Waals surface area contributed by atoms with Gasteiger partial charge >= 0.3 is 0 Å². The van der Waals surface area contributed by atoms with Gasteiger partial charge in [0.15, 0.2) is 0 Å². The molecule has 8 heteroatoms. The number of rotatable bonds is 5. The van der Waals surface area contributed by atoms with E-state index in [0.717, 1.165) is 36.6 Å². The molecule has 0 unspecified atom stereocenters. The summed E-state index contributed by atoms with van der Waals surface area (Å²) in [6, 6.07) is 8.48. The Morgan fingerprint density at radius 1 is 1.37 bits per heavy atom. The standard InChI is InChI=1S/C22H26N6O2/c1-15-10-24-6-7-27(15)20-5-4-16(11-25-20)19-8-18(30-14-22(2,3)29)13-28-21(19)17(9-23)12-26-28/h4-5,8,11-13,15,24,29H,6-7,10,14H2,1-3H3/t15-/m1/s1. The van der Waals surface area contributed by atoms with Crippen molar-refractivity contribution in [3.8, 4) is 22.9 Å². The highest BCUT2D eigenvalue weighted by atomic mass is 16.5. The van der Waals surface area contributed by atoms with Crippen molar-refractivity contribution in [1.82, 2.24) is 19.9 Å². The van der Waals surface area contributed by atoms with Crippen molar-refractivity contribution in [2.45, 2.75) is 32.4 Å². The molecule has 30 heavy (non-hydrogen) atoms. The Balaban J connectivity index is 1.73. The summed E-state index contributed by atoms with van der Waals surface area (Å²) in [6.45, 7) is 8.49. The first-order valence-corrected chi connectivity index (χ1v) is 10.1. The SMILES string of the molecule is C[C@@H]1CNCCN1c1ccc(-c2cc(OCC(C)(C)O)cn3ncc(C#N)c23)cn1. The van der Waals surface area contributed by atoms with Crippen LogP contribution in [0.4, 0.5) is 5.82 Å². The van der Waals surface area contributed by atoms with Crippen LogP contribution < -0.4 is 15.0 Å². The molecule has 3 aromatic rings. The summed E-state index contributed by atoms with van der Waals surface area (Å²) in [4.78, 5) is 6.99. The topological polar surface area (TPSA) is 98.7 Å². The fraction of sp³-hybridized carbons (Fsp3) is 0.409. The van der Waals surface area contributed by atoms with Crippen molar-refractivity contribution >= 4 is 11.3 Å². The minimum Gasteiger partial charge on any atom is -0.489 e. The van der Waals surface area contributed by atoms with Crippen molar-refractivity contribution in [2.75, 3.05) is 31.1 Å². The first kappa shape index (κ1) is 20.1. The van der Waals surface area contributed by atoms with Gasteiger partial charge in [-0.2, -0.15) is 10.4 Å². The quantitative estimate of drug-likeness (QED) is 0.670. The van der Waals surface area contributed by atoms with Crippen molar-refractivity contribution in [2.24, 2.45) is 0 Å². The summed E-state index contributed by atoms with van der Waals surface area (Å²) >= 11 is 0. The van der Waals surface area contributed by atoms with Crippen molar-refractivity contribution < 1.29 is 9.84 Å². The minimum absolute atomic E-state index is 0.141. The fourth-order valence-corrected chi connectivity index (χ4v) is 3.63. The number of nitrogens with one attached hydrogen (secondary N) is 1. The van der Waals surface area contributed by atoms with E-state index in [4.69, 9.17) is 9.72 Å². The lowest BCUT2D eigenvalue weighted by Gasteiger charge is -2.34. The lowest BCUT2D eigenvalue weighted by molar-refractivity contribution is 0.0283. The van der Waals surface area contributed by atoms with E-state index in [1.54, 1.807) is 30.8 Å². The molecule has 1 atom stereocenters. The van der Waals surface area contributed by atoms with E-state index < -0.39 is 5.60 Å². The number of nitriles is 1. The molecule has 4 heterocycles. The van der Waals surface area contributed by atoms with E-state index in [0.29, 0.717) is 22.9 Å². The molecular weight excluding hydrogens is 380 g/mol. The third kappa shape index (κ3) is 4.08. The van der Waals surface area contributed by atoms with Gasteiger partial charge in [0, 0.05) is 43.0 Å². The highest BCUT2D eigenvalue weighted by molar-refractivity contribution is 5.85. The molecule has 1 saturated heterocycles. The number of hydrogen-bond acceptors (Lipinski definition) is 7. The molecule has 0 saturated carbocycles. The maximum atomic E-state index is 9.99. The van der Waals surface area contributed by atoms with Gasteiger partial charge in [-0.1, -0.05) is 0 Å². The molecule has 0 aromatic carbocycles. The zero-order valence-electron chi connectivity index (χ0n) is 17.5. The zero-order chi connectivity index (χ0) is 21.3. The number of nitrogens with zero attached hydrogens (tertiary/aromatic N) is 5. The molecule has 0 radical (unpaired) electrons. The normalized spacial score (nSPS) is 17.2. The molecule has 2 N–H and O–H groups in total. The van der Waals surface area contributed by atoms with Crippen LogP contribution in [-0.4, -0.2) is 57.6 Å². The van der Waals surface area contributed by atoms with Crippen LogP contribution in [-0.2, 0) is 0 Å². The molecule has 3 aromatic heterocycles. The molecule has 156 valence electrons. The maximum Gasteiger partial charge on any atom is 0.138 e. The summed E-state index contributed by atoms with van der Waals surface area (Å²) in [5, 5.41) is 27.2. The molecule has 1 fully saturated rings. The second-order valence-electron chi connectivity index (χ2n) is 8.31. The van der Waals surface area contributed by atoms with Crippen LogP contribution in [0.25, 0.3) is 16.6 Å². The van der Waals surface area contributed by atoms with Crippen LogP contribution in [0, 0.1) is 11.3 Å². The molecule has 8 nitrogen and oxygen atoms in total. The lowest BCUT2D eigenvalue weighted by Crippen LogP contribution is -2.50. The van der Waals surface area contributed by atoms with Crippen LogP contribution >= 0.6 is 0 Å². The smallest absolute Gasteiger partial charge is 0.138 e. The molecule has 1 aliphatic heterocycles. The maximum absolute atomic E-state index is 9.99. The second kappa shape index (κ2) is 7.94. The van der Waals surface area contributed by atoms with Crippen LogP contribution in [0.1, 0.15) is 26.3 Å². The van der Waals surface area contributed by atoms with E-state index in [-0.39, 0.29) is 6.61 Å². The number of ether oxygens (including phenoxy) is 1. The number of fused-ring (bicyclic) bond motifs is 1. The third-order valence-corrected chi connectivity index (χ3v) is 5.15. The van der Waals surface area contributed by atoms with Gasteiger partial charge in [-0.05, 0) is 39.0 Å². The van der Waals surface area contributed by atoms with Gasteiger partial charge in [0.1, 0.15) is 24.2 Å². The Morgan fingerprint density at radius 2 is 2.20 bits per heavy atom. The van der Waals surface area contributed by atoms with Crippen molar-refractivity contribution in [3.63, 3.8) is 0 Å². The predicted molar refractivity (Wildman–Crippen MR) is 115 cm³/mol. The number of aromatic nitrogens is 3. The van der Waals surface area contributed by atoms with Gasteiger partial charge in [0.05, 0.1) is 29.1 Å². The molecular formula is C22H26N6O2. The molecule has 1 aliphatic rings. The molecule has 4 rings (SSSR count). The fourth-order valence-electron chi connectivity index (χ4n) is 3.63. The van der Waals surface area contributed by atoms with Gasteiger partial charge in [-0.25, -0.2) is 9.50 Å². The lowest BCUT2D eigenvalue weighted by atomic mass is 10.0. The summed E-state index contributed by atoms with van der Waals surface area (Å²) < 4.78 is 7.43. The highest BCUT2D eigenvalue weighted by Crippen LogP contribution is 2.31. The molecule has 0 aliphatic carbocycles. The number of pyridine rings is 2. The van der Waals surface area contributed by atoms with E-state index in [9.17, 15) is 10.4 Å². The average molecular weight is 406 g/mol. The van der Waals surface area contributed by atoms with E-state index >= 15 is 0 Å². The van der Waals surface area contributed by atoms with E-state index in [2.05, 4.69) is 28.3 Å². The minimum atomic E-state index is -0.958. The summed E-state index contributed by atoms with van der Waals surface area (Å²) in [6.07, 6.45) is 5.09. The second-order valence-corrected chi connectivity index (χ2v) is 8.31. The number of piperazine rings is 1. The van der Waals surface area contributed by atoms with Crippen LogP contribution in [0.5, 0.6) is 5.75 Å². The van der Waals surface area contributed by atoms with Gasteiger partial charge in [0.25, 0.3) is 0 Å². The van der Waals surface area contributed by atoms with Crippen LogP contribution in [0.3, 0.4) is 0 Å². The van der Waals surface area contributed by atoms with Crippen molar-refractivity contribution in [1.29, 1.82) is 5.26 Å². The van der Waals surface area contributed by atoms with Crippen LogP contribution in [0.2, 0.25) is 0 Å². The Morgan fingerprint density at radius 3 is 2.87 bits per heavy atom. The third-order valence-electron chi connectivity index (χ3n) is 5.15. The molecule has 0 spiro atoms. The monoisotopic (exact) mass is 406 g/mol. The average Bonchev–Trinajstić information content (AvgIpc) is 3.15. The van der Waals surface area contributed by atoms with E-state index in [1.807, 2.05) is 24.4 Å². The summed E-state index contributed by atoms with van der Waals surface area (Å²) in [5.74, 6) is 1.50. The Hall–Kier alpha value is -3.15. The first-order valence-electron chi connectivity index (χ1n) is 10.1. The van der Waals surface area contributed by atoms with Gasteiger partial charge in [-0.15, -0.1) is 0 Å². The van der Waals surface area contributed by atoms with Crippen LogP contribution in [0.15, 0.2) is 36.8 Å². The highest BCUT2D eigenvalue weighted by Gasteiger charge is 2.20.